The van der Waals surface area contributed by atoms with Gasteiger partial charge < -0.3 is 21.1 Å². The third kappa shape index (κ3) is 3.82. The fourth-order valence-electron chi connectivity index (χ4n) is 2.66. The van der Waals surface area contributed by atoms with Crippen LogP contribution >= 0.6 is 0 Å². The van der Waals surface area contributed by atoms with Crippen LogP contribution in [0, 0.1) is 0 Å². The van der Waals surface area contributed by atoms with Gasteiger partial charge in [-0.2, -0.15) is 18.6 Å². The van der Waals surface area contributed by atoms with Gasteiger partial charge in [0.25, 0.3) is 10.1 Å². The van der Waals surface area contributed by atoms with Gasteiger partial charge >= 0.3 is 0 Å². The van der Waals surface area contributed by atoms with Gasteiger partial charge in [0.1, 0.15) is 4.90 Å². The molecule has 1 aliphatic heterocycles. The highest BCUT2D eigenvalue weighted by Gasteiger charge is 2.48. The number of benzene rings is 1. The van der Waals surface area contributed by atoms with E-state index in [1.165, 1.54) is 19.1 Å². The van der Waals surface area contributed by atoms with Crippen molar-refractivity contribution < 1.29 is 27.7 Å². The summed E-state index contributed by atoms with van der Waals surface area (Å²) in [6.45, 7) is 3.31. The largest absolute Gasteiger partial charge is 0.398 e. The Balaban J connectivity index is 2.50. The predicted molar refractivity (Wildman–Crippen MR) is 94.3 cm³/mol. The van der Waals surface area contributed by atoms with Gasteiger partial charge in [0.15, 0.2) is 6.23 Å². The normalized spacial score (nSPS) is 23.4. The number of aliphatic hydroxyl groups is 1. The Hall–Kier alpha value is -2.83. The molecule has 12 heteroatoms. The Bertz CT molecular complexity index is 929. The van der Waals surface area contributed by atoms with E-state index >= 15 is 0 Å². The first-order chi connectivity index (χ1) is 12.6. The van der Waals surface area contributed by atoms with Crippen LogP contribution in [0.1, 0.15) is 13.8 Å². The van der Waals surface area contributed by atoms with Crippen LogP contribution in [0.15, 0.2) is 45.0 Å². The van der Waals surface area contributed by atoms with Crippen LogP contribution in [0.3, 0.4) is 0 Å². The van der Waals surface area contributed by atoms with E-state index in [9.17, 15) is 23.1 Å². The number of hydrogen-bond donors (Lipinski definition) is 4. The summed E-state index contributed by atoms with van der Waals surface area (Å²) in [5, 5.41) is 20.9. The minimum atomic E-state index is -4.49. The summed E-state index contributed by atoms with van der Waals surface area (Å²) in [5.41, 5.74) is 3.98. The minimum Gasteiger partial charge on any atom is -0.398 e. The van der Waals surface area contributed by atoms with E-state index in [0.29, 0.717) is 6.41 Å². The van der Waals surface area contributed by atoms with Crippen molar-refractivity contribution in [1.29, 1.82) is 0 Å². The van der Waals surface area contributed by atoms with Crippen molar-refractivity contribution in [2.24, 2.45) is 10.2 Å². The zero-order valence-corrected chi connectivity index (χ0v) is 15.3. The van der Waals surface area contributed by atoms with Crippen LogP contribution in [0.2, 0.25) is 0 Å². The summed E-state index contributed by atoms with van der Waals surface area (Å²) in [4.78, 5) is 23.7. The monoisotopic (exact) mass is 397 g/mol. The average molecular weight is 397 g/mol. The van der Waals surface area contributed by atoms with Gasteiger partial charge in [0, 0.05) is 12.6 Å². The summed E-state index contributed by atoms with van der Waals surface area (Å²) in [7, 11) is -4.49. The van der Waals surface area contributed by atoms with Gasteiger partial charge in [-0.25, -0.2) is 0 Å². The summed E-state index contributed by atoms with van der Waals surface area (Å²) < 4.78 is 31.4. The second-order valence-electron chi connectivity index (χ2n) is 5.75. The number of likely N-dealkylation sites (N-methyl/N-ethyl adjacent to an activating group) is 1. The molecule has 1 aliphatic rings. The lowest BCUT2D eigenvalue weighted by atomic mass is 9.94. The lowest BCUT2D eigenvalue weighted by molar-refractivity contribution is -0.145. The van der Waals surface area contributed by atoms with Crippen LogP contribution in [0.25, 0.3) is 0 Å². The van der Waals surface area contributed by atoms with Crippen LogP contribution in [0.5, 0.6) is 0 Å². The second kappa shape index (κ2) is 7.42. The summed E-state index contributed by atoms with van der Waals surface area (Å²) >= 11 is 0. The molecule has 0 saturated heterocycles. The van der Waals surface area contributed by atoms with Gasteiger partial charge in [0.05, 0.1) is 11.4 Å². The number of carbonyl (C=O) groups excluding carboxylic acids is 2. The van der Waals surface area contributed by atoms with Gasteiger partial charge in [0.2, 0.25) is 18.0 Å². The van der Waals surface area contributed by atoms with Crippen molar-refractivity contribution in [3.8, 4) is 0 Å². The quantitative estimate of drug-likeness (QED) is 0.229. The molecular weight excluding hydrogens is 378 g/mol. The maximum absolute atomic E-state index is 12.0. The molecule has 0 spiro atoms. The Morgan fingerprint density at radius 3 is 2.63 bits per heavy atom. The molecule has 2 atom stereocenters. The number of rotatable bonds is 6. The van der Waals surface area contributed by atoms with E-state index in [-0.39, 0.29) is 23.5 Å². The number of carbonyl (C=O) groups is 2. The number of nitrogens with two attached hydrogens (primary N) is 1. The highest BCUT2D eigenvalue weighted by molar-refractivity contribution is 7.86. The zero-order valence-electron chi connectivity index (χ0n) is 14.5. The molecule has 1 aromatic carbocycles. The first-order valence-corrected chi connectivity index (χ1v) is 9.19. The maximum Gasteiger partial charge on any atom is 0.296 e. The molecule has 11 nitrogen and oxygen atoms in total. The molecule has 0 saturated carbocycles. The van der Waals surface area contributed by atoms with Crippen molar-refractivity contribution in [3.63, 3.8) is 0 Å². The van der Waals surface area contributed by atoms with Crippen LogP contribution in [-0.2, 0) is 19.7 Å². The third-order valence-electron chi connectivity index (χ3n) is 4.11. The Morgan fingerprint density at radius 1 is 1.44 bits per heavy atom. The lowest BCUT2D eigenvalue weighted by Gasteiger charge is -2.42. The van der Waals surface area contributed by atoms with Gasteiger partial charge in [-0.15, -0.1) is 0 Å². The van der Waals surface area contributed by atoms with Gasteiger partial charge in [-0.05, 0) is 37.6 Å². The molecule has 1 aromatic rings. The minimum absolute atomic E-state index is 0.104. The van der Waals surface area contributed by atoms with E-state index in [0.717, 1.165) is 17.0 Å². The Kier molecular flexibility index (Phi) is 5.63. The molecule has 1 heterocycles. The van der Waals surface area contributed by atoms with Crippen LogP contribution < -0.4 is 11.1 Å². The average Bonchev–Trinajstić information content (AvgIpc) is 2.56. The van der Waals surface area contributed by atoms with E-state index in [1.807, 2.05) is 0 Å². The first-order valence-electron chi connectivity index (χ1n) is 7.75. The molecule has 2 unspecified atom stereocenters. The smallest absolute Gasteiger partial charge is 0.296 e. The molecule has 2 rings (SSSR count). The van der Waals surface area contributed by atoms with Crippen LogP contribution in [0.4, 0.5) is 11.4 Å². The highest BCUT2D eigenvalue weighted by Crippen LogP contribution is 2.32. The summed E-state index contributed by atoms with van der Waals surface area (Å²) in [6.07, 6.45) is 0.0315. The molecule has 0 bridgehead atoms. The van der Waals surface area contributed by atoms with Gasteiger partial charge in [-0.1, -0.05) is 0 Å². The molecule has 0 fully saturated rings. The van der Waals surface area contributed by atoms with Crippen molar-refractivity contribution in [2.75, 3.05) is 12.3 Å². The Labute approximate surface area is 155 Å². The Morgan fingerprint density at radius 2 is 2.11 bits per heavy atom. The molecule has 5 N–H and O–H groups in total. The van der Waals surface area contributed by atoms with Crippen molar-refractivity contribution in [2.45, 2.75) is 30.6 Å². The molecule has 0 radical (unpaired) electrons. The number of anilines is 1. The predicted octanol–water partition coefficient (Wildman–Crippen LogP) is 0.168. The highest BCUT2D eigenvalue weighted by atomic mass is 32.2. The summed E-state index contributed by atoms with van der Waals surface area (Å²) in [6, 6.07) is 3.42. The SMILES string of the molecule is CCN1C(=O)C=C(C)C(N=Nc2ccc(S(=O)(=O)O)c(N)c2)(NC=O)C1O. The molecular formula is C15H19N5O6S. The fourth-order valence-corrected chi connectivity index (χ4v) is 3.26. The van der Waals surface area contributed by atoms with Crippen molar-refractivity contribution in [1.82, 2.24) is 10.2 Å². The molecule has 0 aliphatic carbocycles. The molecule has 0 aromatic heterocycles. The lowest BCUT2D eigenvalue weighted by Crippen LogP contribution is -2.63. The first kappa shape index (κ1) is 20.5. The van der Waals surface area contributed by atoms with E-state index in [4.69, 9.17) is 10.3 Å². The molecule has 27 heavy (non-hydrogen) atoms. The number of nitrogens with one attached hydrogen (secondary N) is 1. The number of azo groups is 1. The summed E-state index contributed by atoms with van der Waals surface area (Å²) in [5.74, 6) is -0.442. The van der Waals surface area contributed by atoms with E-state index in [1.54, 1.807) is 6.92 Å². The van der Waals surface area contributed by atoms with Crippen LogP contribution in [-0.4, -0.2) is 53.7 Å². The topological polar surface area (TPSA) is 175 Å². The number of nitrogens with zero attached hydrogens (tertiary/aromatic N) is 3. The fraction of sp³-hybridized carbons (Fsp3) is 0.333. The van der Waals surface area contributed by atoms with Crippen molar-refractivity contribution >= 4 is 33.8 Å². The number of hydrogen-bond acceptors (Lipinski definition) is 8. The third-order valence-corrected chi connectivity index (χ3v) is 5.03. The molecule has 2 amide bonds. The molecule has 146 valence electrons. The van der Waals surface area contributed by atoms with E-state index < -0.39 is 32.8 Å². The number of nitrogen functional groups attached to an aromatic ring is 1. The van der Waals surface area contributed by atoms with E-state index in [2.05, 4.69) is 15.5 Å². The van der Waals surface area contributed by atoms with Crippen molar-refractivity contribution in [3.05, 3.63) is 29.8 Å². The zero-order chi connectivity index (χ0) is 20.4. The maximum atomic E-state index is 12.0. The second-order valence-corrected chi connectivity index (χ2v) is 7.14. The number of amides is 2. The van der Waals surface area contributed by atoms with Gasteiger partial charge in [-0.3, -0.25) is 14.1 Å². The standard InChI is InChI=1S/C15H19N5O6S/c1-3-20-13(22)6-9(2)15(14(20)23,17-8-21)19-18-10-4-5-12(11(16)7-10)27(24,25)26/h4-8,14,23H,3,16H2,1-2H3,(H,17,21)(H,24,25,26). The number of aliphatic hydroxyl groups excluding tert-OH is 1.